The van der Waals surface area contributed by atoms with Crippen molar-refractivity contribution in [3.63, 3.8) is 0 Å². The summed E-state index contributed by atoms with van der Waals surface area (Å²) in [7, 11) is -0.692. The lowest BCUT2D eigenvalue weighted by Crippen LogP contribution is -2.49. The van der Waals surface area contributed by atoms with E-state index in [2.05, 4.69) is 70.0 Å². The molecule has 0 spiro atoms. The Bertz CT molecular complexity index is 467. The second-order valence-corrected chi connectivity index (χ2v) is 9.61. The summed E-state index contributed by atoms with van der Waals surface area (Å²) < 4.78 is 6.44. The molecule has 1 saturated heterocycles. The van der Waals surface area contributed by atoms with Gasteiger partial charge < -0.3 is 9.33 Å². The first-order valence-electron chi connectivity index (χ1n) is 8.09. The predicted octanol–water partition coefficient (Wildman–Crippen LogP) is 4.65. The smallest absolute Gasteiger partial charge is 0.205 e. The maximum Gasteiger partial charge on any atom is 0.205 e. The van der Waals surface area contributed by atoms with Crippen LogP contribution in [0.2, 0.25) is 13.1 Å². The van der Waals surface area contributed by atoms with Crippen molar-refractivity contribution in [1.82, 2.24) is 0 Å². The van der Waals surface area contributed by atoms with Gasteiger partial charge in [0.2, 0.25) is 9.04 Å². The van der Waals surface area contributed by atoms with Crippen LogP contribution in [0.15, 0.2) is 24.3 Å². The fourth-order valence-corrected chi connectivity index (χ4v) is 4.34. The minimum absolute atomic E-state index is 0.180. The molecule has 21 heavy (non-hydrogen) atoms. The van der Waals surface area contributed by atoms with Crippen LogP contribution in [-0.4, -0.2) is 27.7 Å². The summed E-state index contributed by atoms with van der Waals surface area (Å²) >= 11 is 0. The normalized spacial score (nSPS) is 21.1. The van der Waals surface area contributed by atoms with Gasteiger partial charge in [0.05, 0.1) is 12.1 Å². The summed E-state index contributed by atoms with van der Waals surface area (Å²) in [6, 6.07) is 9.40. The fraction of sp³-hybridized carbons (Fsp3) is 0.667. The van der Waals surface area contributed by atoms with E-state index in [1.165, 1.54) is 24.1 Å². The van der Waals surface area contributed by atoms with Gasteiger partial charge in [-0.3, -0.25) is 0 Å². The molecular weight excluding hydrogens is 274 g/mol. The van der Waals surface area contributed by atoms with Crippen LogP contribution in [0, 0.1) is 12.3 Å². The second kappa shape index (κ2) is 6.53. The molecule has 0 saturated carbocycles. The molecule has 1 heterocycles. The summed E-state index contributed by atoms with van der Waals surface area (Å²) in [4.78, 5) is 2.58. The molecule has 0 amide bonds. The molecule has 0 aromatic heterocycles. The first-order chi connectivity index (χ1) is 9.79. The molecule has 2 nitrogen and oxygen atoms in total. The maximum atomic E-state index is 6.44. The highest BCUT2D eigenvalue weighted by Crippen LogP contribution is 2.36. The Balaban J connectivity index is 2.27. The van der Waals surface area contributed by atoms with Crippen molar-refractivity contribution in [2.24, 2.45) is 5.41 Å². The van der Waals surface area contributed by atoms with Gasteiger partial charge in [0.1, 0.15) is 0 Å². The minimum Gasteiger partial charge on any atom is -0.412 e. The van der Waals surface area contributed by atoms with E-state index < -0.39 is 9.04 Å². The van der Waals surface area contributed by atoms with Gasteiger partial charge in [0, 0.05) is 12.2 Å². The van der Waals surface area contributed by atoms with Gasteiger partial charge >= 0.3 is 0 Å². The number of benzene rings is 1. The van der Waals surface area contributed by atoms with Crippen LogP contribution in [0.1, 0.15) is 39.2 Å². The van der Waals surface area contributed by atoms with Gasteiger partial charge in [-0.05, 0) is 56.0 Å². The Kier molecular flexibility index (Phi) is 5.15. The number of aryl methyl sites for hydroxylation is 1. The molecule has 2 atom stereocenters. The first-order valence-corrected chi connectivity index (χ1v) is 10.5. The Morgan fingerprint density at radius 1 is 1.29 bits per heavy atom. The number of rotatable bonds is 4. The molecule has 1 radical (unpaired) electrons. The van der Waals surface area contributed by atoms with Crippen LogP contribution in [0.4, 0.5) is 5.69 Å². The Morgan fingerprint density at radius 3 is 2.57 bits per heavy atom. The van der Waals surface area contributed by atoms with Crippen LogP contribution in [0.25, 0.3) is 0 Å². The van der Waals surface area contributed by atoms with Gasteiger partial charge in [-0.2, -0.15) is 0 Å². The summed E-state index contributed by atoms with van der Waals surface area (Å²) in [5.41, 5.74) is 2.87. The zero-order chi connectivity index (χ0) is 15.6. The van der Waals surface area contributed by atoms with Crippen LogP contribution < -0.4 is 4.90 Å². The number of hydrogen-bond donors (Lipinski definition) is 0. The minimum atomic E-state index is -0.692. The average molecular weight is 305 g/mol. The lowest BCUT2D eigenvalue weighted by Gasteiger charge is -2.41. The SMILES string of the molecule is Cc1cccc(N2CCC[C@@H]2C(O[Si](C)C)C(C)(C)C)c1. The van der Waals surface area contributed by atoms with E-state index in [0.717, 1.165) is 6.54 Å². The lowest BCUT2D eigenvalue weighted by molar-refractivity contribution is 0.0637. The molecule has 1 aromatic rings. The van der Waals surface area contributed by atoms with Gasteiger partial charge in [0.15, 0.2) is 0 Å². The van der Waals surface area contributed by atoms with Crippen LogP contribution >= 0.6 is 0 Å². The Hall–Kier alpha value is -0.803. The van der Waals surface area contributed by atoms with Crippen molar-refractivity contribution < 1.29 is 4.43 Å². The third-order valence-electron chi connectivity index (χ3n) is 4.20. The molecule has 0 N–H and O–H groups in total. The Morgan fingerprint density at radius 2 is 2.00 bits per heavy atom. The quantitative estimate of drug-likeness (QED) is 0.751. The summed E-state index contributed by atoms with van der Waals surface area (Å²) in [5.74, 6) is 0. The second-order valence-electron chi connectivity index (χ2n) is 7.55. The number of nitrogens with zero attached hydrogens (tertiary/aromatic N) is 1. The zero-order valence-electron chi connectivity index (χ0n) is 14.4. The van der Waals surface area contributed by atoms with Crippen molar-refractivity contribution in [1.29, 1.82) is 0 Å². The summed E-state index contributed by atoms with van der Waals surface area (Å²) in [6.07, 6.45) is 2.82. The average Bonchev–Trinajstić information content (AvgIpc) is 2.83. The fourth-order valence-electron chi connectivity index (χ4n) is 3.32. The van der Waals surface area contributed by atoms with Crippen molar-refractivity contribution in [2.45, 2.75) is 65.8 Å². The van der Waals surface area contributed by atoms with Gasteiger partial charge in [-0.1, -0.05) is 32.9 Å². The molecule has 0 aliphatic carbocycles. The first kappa shape index (κ1) is 16.6. The molecule has 1 aromatic carbocycles. The standard InChI is InChI=1S/C18H30NOSi/c1-14-9-7-10-15(13-14)19-12-8-11-16(19)17(18(2,3)4)20-21(5)6/h7,9-10,13,16-17H,8,11-12H2,1-6H3/t16-,17?/m1/s1. The van der Waals surface area contributed by atoms with Crippen molar-refractivity contribution in [2.75, 3.05) is 11.4 Å². The van der Waals surface area contributed by atoms with Gasteiger partial charge in [-0.25, -0.2) is 0 Å². The van der Waals surface area contributed by atoms with Crippen molar-refractivity contribution in [3.8, 4) is 0 Å². The molecule has 117 valence electrons. The number of anilines is 1. The molecule has 1 unspecified atom stereocenters. The molecule has 1 aliphatic rings. The third kappa shape index (κ3) is 4.10. The monoisotopic (exact) mass is 304 g/mol. The third-order valence-corrected chi connectivity index (χ3v) is 4.92. The van der Waals surface area contributed by atoms with E-state index in [9.17, 15) is 0 Å². The van der Waals surface area contributed by atoms with E-state index in [4.69, 9.17) is 4.43 Å². The maximum absolute atomic E-state index is 6.44. The van der Waals surface area contributed by atoms with E-state index in [0.29, 0.717) is 12.1 Å². The van der Waals surface area contributed by atoms with Gasteiger partial charge in [0.25, 0.3) is 0 Å². The predicted molar refractivity (Wildman–Crippen MR) is 93.4 cm³/mol. The van der Waals surface area contributed by atoms with Crippen molar-refractivity contribution in [3.05, 3.63) is 29.8 Å². The van der Waals surface area contributed by atoms with E-state index >= 15 is 0 Å². The zero-order valence-corrected chi connectivity index (χ0v) is 15.4. The van der Waals surface area contributed by atoms with Crippen LogP contribution in [-0.2, 0) is 4.43 Å². The van der Waals surface area contributed by atoms with Crippen molar-refractivity contribution >= 4 is 14.7 Å². The molecule has 1 fully saturated rings. The topological polar surface area (TPSA) is 12.5 Å². The number of hydrogen-bond acceptors (Lipinski definition) is 2. The Labute approximate surface area is 132 Å². The lowest BCUT2D eigenvalue weighted by atomic mass is 9.83. The molecule has 2 rings (SSSR count). The van der Waals surface area contributed by atoms with Crippen LogP contribution in [0.3, 0.4) is 0 Å². The highest BCUT2D eigenvalue weighted by Gasteiger charge is 2.39. The van der Waals surface area contributed by atoms with Crippen LogP contribution in [0.5, 0.6) is 0 Å². The van der Waals surface area contributed by atoms with Gasteiger partial charge in [-0.15, -0.1) is 0 Å². The largest absolute Gasteiger partial charge is 0.412 e. The highest BCUT2D eigenvalue weighted by molar-refractivity contribution is 6.48. The molecule has 0 bridgehead atoms. The molecular formula is C18H30NOSi. The summed E-state index contributed by atoms with van der Waals surface area (Å²) in [6.45, 7) is 14.8. The van der Waals surface area contributed by atoms with E-state index in [-0.39, 0.29) is 5.41 Å². The molecule has 3 heteroatoms. The van der Waals surface area contributed by atoms with E-state index in [1.54, 1.807) is 0 Å². The molecule has 1 aliphatic heterocycles. The van der Waals surface area contributed by atoms with E-state index in [1.807, 2.05) is 0 Å². The summed E-state index contributed by atoms with van der Waals surface area (Å²) in [5, 5.41) is 0. The highest BCUT2D eigenvalue weighted by atomic mass is 28.3.